The second kappa shape index (κ2) is 5.87. The quantitative estimate of drug-likeness (QED) is 0.768. The molecule has 3 nitrogen and oxygen atoms in total. The van der Waals surface area contributed by atoms with Crippen molar-refractivity contribution in [1.82, 2.24) is 9.88 Å². The fourth-order valence-corrected chi connectivity index (χ4v) is 1.88. The highest BCUT2D eigenvalue weighted by Crippen LogP contribution is 2.19. The Kier molecular flexibility index (Phi) is 4.20. The van der Waals surface area contributed by atoms with Crippen LogP contribution in [0.15, 0.2) is 42.4 Å². The second-order valence-corrected chi connectivity index (χ2v) is 4.38. The lowest BCUT2D eigenvalue weighted by Gasteiger charge is -2.23. The van der Waals surface area contributed by atoms with Crippen LogP contribution in [0.5, 0.6) is 0 Å². The minimum atomic E-state index is -0.412. The summed E-state index contributed by atoms with van der Waals surface area (Å²) in [4.78, 5) is 5.93. The van der Waals surface area contributed by atoms with Crippen molar-refractivity contribution in [3.05, 3.63) is 53.2 Å². The van der Waals surface area contributed by atoms with Crippen LogP contribution in [-0.4, -0.2) is 29.7 Å². The molecule has 18 heavy (non-hydrogen) atoms. The molecular weight excluding hydrogens is 255 g/mol. The first kappa shape index (κ1) is 12.9. The highest BCUT2D eigenvalue weighted by molar-refractivity contribution is 6.29. The molecular formula is C13H14ClFN2O. The van der Waals surface area contributed by atoms with E-state index in [0.717, 1.165) is 11.3 Å². The standard InChI is InChI=1S/C13H14ClFN2O/c1-10-6-12(9-18-10)17(5-4-15)8-11-2-3-13(14)16-7-11/h2-3,6-7H,1,4-5,8-9H2. The van der Waals surface area contributed by atoms with Crippen molar-refractivity contribution in [2.75, 3.05) is 19.8 Å². The van der Waals surface area contributed by atoms with Crippen LogP contribution in [0.2, 0.25) is 5.15 Å². The Labute approximate surface area is 111 Å². The molecule has 96 valence electrons. The average molecular weight is 269 g/mol. The monoisotopic (exact) mass is 268 g/mol. The van der Waals surface area contributed by atoms with Crippen LogP contribution >= 0.6 is 11.6 Å². The van der Waals surface area contributed by atoms with Gasteiger partial charge in [-0.25, -0.2) is 9.37 Å². The number of halogens is 2. The number of ether oxygens (including phenoxy) is 1. The Balaban J connectivity index is 2.08. The summed E-state index contributed by atoms with van der Waals surface area (Å²) in [6.45, 7) is 4.65. The van der Waals surface area contributed by atoms with Crippen LogP contribution in [-0.2, 0) is 11.3 Å². The van der Waals surface area contributed by atoms with Gasteiger partial charge in [-0.1, -0.05) is 24.2 Å². The van der Waals surface area contributed by atoms with Gasteiger partial charge in [0.2, 0.25) is 0 Å². The molecule has 0 saturated carbocycles. The first-order chi connectivity index (χ1) is 8.69. The number of aromatic nitrogens is 1. The molecule has 0 amide bonds. The SMILES string of the molecule is C=C1C=C(N(CCF)Cc2ccc(Cl)nc2)CO1. The number of allylic oxidation sites excluding steroid dienone is 1. The van der Waals surface area contributed by atoms with Gasteiger partial charge in [0, 0.05) is 25.4 Å². The number of rotatable bonds is 5. The summed E-state index contributed by atoms with van der Waals surface area (Å²) in [5.74, 6) is 0.614. The van der Waals surface area contributed by atoms with Crippen LogP contribution in [0.25, 0.3) is 0 Å². The number of hydrogen-bond acceptors (Lipinski definition) is 3. The van der Waals surface area contributed by atoms with Gasteiger partial charge in [-0.3, -0.25) is 0 Å². The van der Waals surface area contributed by atoms with E-state index >= 15 is 0 Å². The molecule has 2 rings (SSSR count). The molecule has 0 aliphatic carbocycles. The molecule has 1 aliphatic rings. The highest BCUT2D eigenvalue weighted by atomic mass is 35.5. The summed E-state index contributed by atoms with van der Waals surface area (Å²) in [7, 11) is 0. The van der Waals surface area contributed by atoms with Crippen LogP contribution in [0.4, 0.5) is 4.39 Å². The van der Waals surface area contributed by atoms with Gasteiger partial charge in [0.1, 0.15) is 24.2 Å². The first-order valence-corrected chi connectivity index (χ1v) is 6.00. The third kappa shape index (κ3) is 3.23. The van der Waals surface area contributed by atoms with Crippen molar-refractivity contribution in [3.63, 3.8) is 0 Å². The maximum absolute atomic E-state index is 12.6. The van der Waals surface area contributed by atoms with Gasteiger partial charge < -0.3 is 9.64 Å². The van der Waals surface area contributed by atoms with Gasteiger partial charge >= 0.3 is 0 Å². The van der Waals surface area contributed by atoms with E-state index in [0.29, 0.717) is 30.6 Å². The van der Waals surface area contributed by atoms with E-state index in [1.807, 2.05) is 17.0 Å². The minimum absolute atomic E-state index is 0.325. The van der Waals surface area contributed by atoms with Gasteiger partial charge in [-0.2, -0.15) is 0 Å². The topological polar surface area (TPSA) is 25.4 Å². The molecule has 0 aromatic carbocycles. The summed E-state index contributed by atoms with van der Waals surface area (Å²) in [5, 5.41) is 0.451. The normalized spacial score (nSPS) is 14.3. The summed E-state index contributed by atoms with van der Waals surface area (Å²) < 4.78 is 17.9. The maximum atomic E-state index is 12.6. The van der Waals surface area contributed by atoms with Crippen LogP contribution < -0.4 is 0 Å². The molecule has 0 atom stereocenters. The summed E-state index contributed by atoms with van der Waals surface area (Å²) in [5.41, 5.74) is 1.92. The predicted molar refractivity (Wildman–Crippen MR) is 68.8 cm³/mol. The van der Waals surface area contributed by atoms with Crippen LogP contribution in [0.3, 0.4) is 0 Å². The van der Waals surface area contributed by atoms with Crippen molar-refractivity contribution in [2.24, 2.45) is 0 Å². The first-order valence-electron chi connectivity index (χ1n) is 5.62. The molecule has 1 aromatic rings. The summed E-state index contributed by atoms with van der Waals surface area (Å²) in [6.07, 6.45) is 3.53. The van der Waals surface area contributed by atoms with Crippen molar-refractivity contribution in [3.8, 4) is 0 Å². The van der Waals surface area contributed by atoms with E-state index in [1.54, 1.807) is 12.3 Å². The van der Waals surface area contributed by atoms with Gasteiger partial charge in [0.15, 0.2) is 0 Å². The van der Waals surface area contributed by atoms with Crippen LogP contribution in [0, 0.1) is 0 Å². The van der Waals surface area contributed by atoms with E-state index in [9.17, 15) is 4.39 Å². The van der Waals surface area contributed by atoms with Gasteiger partial charge in [-0.05, 0) is 11.6 Å². The van der Waals surface area contributed by atoms with Crippen molar-refractivity contribution in [2.45, 2.75) is 6.54 Å². The van der Waals surface area contributed by atoms with Crippen LogP contribution in [0.1, 0.15) is 5.56 Å². The van der Waals surface area contributed by atoms with E-state index < -0.39 is 6.67 Å². The fraction of sp³-hybridized carbons (Fsp3) is 0.308. The molecule has 0 bridgehead atoms. The lowest BCUT2D eigenvalue weighted by molar-refractivity contribution is 0.223. The Morgan fingerprint density at radius 2 is 2.33 bits per heavy atom. The van der Waals surface area contributed by atoms with Gasteiger partial charge in [-0.15, -0.1) is 0 Å². The molecule has 0 unspecified atom stereocenters. The third-order valence-electron chi connectivity index (χ3n) is 2.66. The molecule has 0 N–H and O–H groups in total. The molecule has 0 spiro atoms. The van der Waals surface area contributed by atoms with E-state index in [2.05, 4.69) is 11.6 Å². The van der Waals surface area contributed by atoms with E-state index in [4.69, 9.17) is 16.3 Å². The maximum Gasteiger partial charge on any atom is 0.129 e. The molecule has 0 saturated heterocycles. The zero-order valence-corrected chi connectivity index (χ0v) is 10.7. The number of nitrogens with zero attached hydrogens (tertiary/aromatic N) is 2. The zero-order chi connectivity index (χ0) is 13.0. The Morgan fingerprint density at radius 3 is 2.89 bits per heavy atom. The smallest absolute Gasteiger partial charge is 0.129 e. The van der Waals surface area contributed by atoms with E-state index in [-0.39, 0.29) is 0 Å². The van der Waals surface area contributed by atoms with E-state index in [1.165, 1.54) is 0 Å². The number of hydrogen-bond donors (Lipinski definition) is 0. The lowest BCUT2D eigenvalue weighted by atomic mass is 10.2. The fourth-order valence-electron chi connectivity index (χ4n) is 1.76. The summed E-state index contributed by atoms with van der Waals surface area (Å²) >= 11 is 5.73. The Bertz CT molecular complexity index is 459. The lowest BCUT2D eigenvalue weighted by Crippen LogP contribution is -2.25. The number of pyridine rings is 1. The minimum Gasteiger partial charge on any atom is -0.488 e. The number of alkyl halides is 1. The van der Waals surface area contributed by atoms with Crippen molar-refractivity contribution < 1.29 is 9.13 Å². The van der Waals surface area contributed by atoms with Crippen molar-refractivity contribution in [1.29, 1.82) is 0 Å². The molecule has 0 radical (unpaired) electrons. The molecule has 5 heteroatoms. The molecule has 0 fully saturated rings. The largest absolute Gasteiger partial charge is 0.488 e. The Morgan fingerprint density at radius 1 is 1.50 bits per heavy atom. The van der Waals surface area contributed by atoms with Gasteiger partial charge in [0.05, 0.1) is 5.70 Å². The second-order valence-electron chi connectivity index (χ2n) is 3.99. The predicted octanol–water partition coefficient (Wildman–Crippen LogP) is 2.93. The van der Waals surface area contributed by atoms with Gasteiger partial charge in [0.25, 0.3) is 0 Å². The molecule has 1 aromatic heterocycles. The average Bonchev–Trinajstić information content (AvgIpc) is 2.78. The third-order valence-corrected chi connectivity index (χ3v) is 2.88. The van der Waals surface area contributed by atoms with Crippen molar-refractivity contribution >= 4 is 11.6 Å². The molecule has 1 aliphatic heterocycles. The Hall–Kier alpha value is -1.55. The highest BCUT2D eigenvalue weighted by Gasteiger charge is 2.16. The zero-order valence-electron chi connectivity index (χ0n) is 9.90. The molecule has 2 heterocycles. The summed E-state index contributed by atoms with van der Waals surface area (Å²) in [6, 6.07) is 3.61.